The quantitative estimate of drug-likeness (QED) is 0.486. The van der Waals surface area contributed by atoms with Crippen LogP contribution in [0, 0.1) is 0 Å². The summed E-state index contributed by atoms with van der Waals surface area (Å²) in [6.07, 6.45) is 0. The zero-order chi connectivity index (χ0) is 25.3. The molecule has 2 rings (SSSR count). The number of sulfonamides is 1. The smallest absolute Gasteiger partial charge is 0.338 e. The zero-order valence-corrected chi connectivity index (χ0v) is 20.7. The van der Waals surface area contributed by atoms with Crippen molar-refractivity contribution in [1.82, 2.24) is 9.21 Å². The van der Waals surface area contributed by atoms with E-state index >= 15 is 0 Å². The first kappa shape index (κ1) is 27.0. The molecule has 0 fully saturated rings. The van der Waals surface area contributed by atoms with Crippen LogP contribution in [0.25, 0.3) is 0 Å². The van der Waals surface area contributed by atoms with Crippen molar-refractivity contribution in [2.24, 2.45) is 0 Å². The first-order chi connectivity index (χ1) is 16.2. The predicted octanol–water partition coefficient (Wildman–Crippen LogP) is 2.99. The van der Waals surface area contributed by atoms with E-state index in [4.69, 9.17) is 4.74 Å². The largest absolute Gasteiger partial charge is 0.452 e. The number of amides is 2. The Labute approximate surface area is 200 Å². The number of anilines is 1. The molecule has 0 aliphatic rings. The summed E-state index contributed by atoms with van der Waals surface area (Å²) in [7, 11) is -3.73. The highest BCUT2D eigenvalue weighted by atomic mass is 32.2. The van der Waals surface area contributed by atoms with Gasteiger partial charge in [0.1, 0.15) is 0 Å². The van der Waals surface area contributed by atoms with Crippen molar-refractivity contribution >= 4 is 33.5 Å². The van der Waals surface area contributed by atoms with E-state index in [1.165, 1.54) is 28.6 Å². The maximum atomic E-state index is 12.7. The topological polar surface area (TPSA) is 113 Å². The van der Waals surface area contributed by atoms with Crippen molar-refractivity contribution in [3.8, 4) is 0 Å². The van der Waals surface area contributed by atoms with Gasteiger partial charge in [0.05, 0.1) is 10.5 Å². The minimum Gasteiger partial charge on any atom is -0.452 e. The Kier molecular flexibility index (Phi) is 9.76. The van der Waals surface area contributed by atoms with Gasteiger partial charge in [-0.1, -0.05) is 19.9 Å². The summed E-state index contributed by atoms with van der Waals surface area (Å²) in [4.78, 5) is 38.6. The molecule has 184 valence electrons. The molecule has 0 bridgehead atoms. The van der Waals surface area contributed by atoms with Gasteiger partial charge in [-0.2, -0.15) is 4.31 Å². The van der Waals surface area contributed by atoms with E-state index in [0.29, 0.717) is 37.4 Å². The predicted molar refractivity (Wildman–Crippen MR) is 129 cm³/mol. The van der Waals surface area contributed by atoms with Crippen molar-refractivity contribution in [2.45, 2.75) is 32.6 Å². The number of hydrogen-bond acceptors (Lipinski definition) is 6. The lowest BCUT2D eigenvalue weighted by atomic mass is 10.2. The lowest BCUT2D eigenvalue weighted by molar-refractivity contribution is -0.119. The summed E-state index contributed by atoms with van der Waals surface area (Å²) in [5, 5.41) is 2.59. The molecule has 0 heterocycles. The molecule has 34 heavy (non-hydrogen) atoms. The molecule has 0 spiro atoms. The van der Waals surface area contributed by atoms with Crippen molar-refractivity contribution in [3.05, 3.63) is 59.7 Å². The second-order valence-corrected chi connectivity index (χ2v) is 9.23. The minimum atomic E-state index is -3.73. The van der Waals surface area contributed by atoms with Gasteiger partial charge in [-0.15, -0.1) is 0 Å². The molecule has 0 aliphatic heterocycles. The average Bonchev–Trinajstić information content (AvgIpc) is 2.84. The highest BCUT2D eigenvalue weighted by Gasteiger charge is 2.23. The molecule has 0 saturated carbocycles. The third-order valence-corrected chi connectivity index (χ3v) is 7.26. The van der Waals surface area contributed by atoms with E-state index in [-0.39, 0.29) is 16.4 Å². The number of hydrogen-bond donors (Lipinski definition) is 1. The van der Waals surface area contributed by atoms with Gasteiger partial charge in [0, 0.05) is 37.4 Å². The molecule has 0 aromatic heterocycles. The Balaban J connectivity index is 1.98. The fourth-order valence-corrected chi connectivity index (χ4v) is 4.80. The molecule has 0 unspecified atom stereocenters. The summed E-state index contributed by atoms with van der Waals surface area (Å²) in [6.45, 7) is 8.52. The molecule has 0 radical (unpaired) electrons. The van der Waals surface area contributed by atoms with Gasteiger partial charge in [-0.25, -0.2) is 13.2 Å². The Bertz CT molecular complexity index is 1110. The van der Waals surface area contributed by atoms with Crippen LogP contribution in [-0.2, 0) is 19.6 Å². The van der Waals surface area contributed by atoms with Gasteiger partial charge in [0.25, 0.3) is 11.8 Å². The second-order valence-electron chi connectivity index (χ2n) is 7.30. The fourth-order valence-electron chi connectivity index (χ4n) is 3.30. The van der Waals surface area contributed by atoms with E-state index < -0.39 is 28.5 Å². The third kappa shape index (κ3) is 6.64. The normalized spacial score (nSPS) is 11.2. The number of nitrogens with one attached hydrogen (secondary N) is 1. The van der Waals surface area contributed by atoms with Crippen LogP contribution in [0.4, 0.5) is 5.69 Å². The molecule has 0 aliphatic carbocycles. The summed E-state index contributed by atoms with van der Waals surface area (Å²) in [5.74, 6) is -1.47. The number of ether oxygens (including phenoxy) is 1. The number of carbonyl (C=O) groups is 3. The van der Waals surface area contributed by atoms with Crippen LogP contribution in [0.1, 0.15) is 48.4 Å². The first-order valence-corrected chi connectivity index (χ1v) is 12.6. The van der Waals surface area contributed by atoms with Gasteiger partial charge >= 0.3 is 5.97 Å². The van der Waals surface area contributed by atoms with Gasteiger partial charge in [-0.05, 0) is 56.3 Å². The van der Waals surface area contributed by atoms with Gasteiger partial charge in [-0.3, -0.25) is 9.59 Å². The monoisotopic (exact) mass is 489 g/mol. The van der Waals surface area contributed by atoms with Crippen LogP contribution in [0.5, 0.6) is 0 Å². The molecule has 2 amide bonds. The van der Waals surface area contributed by atoms with Gasteiger partial charge in [0.15, 0.2) is 6.61 Å². The van der Waals surface area contributed by atoms with Gasteiger partial charge in [0.2, 0.25) is 10.0 Å². The van der Waals surface area contributed by atoms with Crippen molar-refractivity contribution in [3.63, 3.8) is 0 Å². The zero-order valence-electron chi connectivity index (χ0n) is 19.9. The lowest BCUT2D eigenvalue weighted by Crippen LogP contribution is -2.30. The SMILES string of the molecule is CCN(CC)C(=O)c1ccc(NC(=O)COC(=O)c2cccc(S(=O)(=O)N(CC)CC)c2)cc1. The van der Waals surface area contributed by atoms with Crippen LogP contribution >= 0.6 is 0 Å². The Morgan fingerprint density at radius 1 is 0.853 bits per heavy atom. The van der Waals surface area contributed by atoms with Crippen LogP contribution in [-0.4, -0.2) is 68.2 Å². The van der Waals surface area contributed by atoms with Gasteiger partial charge < -0.3 is 15.0 Å². The lowest BCUT2D eigenvalue weighted by Gasteiger charge is -2.18. The summed E-state index contributed by atoms with van der Waals surface area (Å²) in [6, 6.07) is 11.9. The number of rotatable bonds is 11. The molecular weight excluding hydrogens is 458 g/mol. The van der Waals surface area contributed by atoms with E-state index in [0.717, 1.165) is 0 Å². The van der Waals surface area contributed by atoms with E-state index in [1.54, 1.807) is 43.0 Å². The van der Waals surface area contributed by atoms with Crippen LogP contribution in [0.2, 0.25) is 0 Å². The highest BCUT2D eigenvalue weighted by molar-refractivity contribution is 7.89. The van der Waals surface area contributed by atoms with Crippen LogP contribution < -0.4 is 5.32 Å². The molecule has 2 aromatic carbocycles. The summed E-state index contributed by atoms with van der Waals surface area (Å²) >= 11 is 0. The fraction of sp³-hybridized carbons (Fsp3) is 0.375. The molecule has 10 heteroatoms. The number of carbonyl (C=O) groups excluding carboxylic acids is 3. The molecule has 0 saturated heterocycles. The van der Waals surface area contributed by atoms with Crippen LogP contribution in [0.15, 0.2) is 53.4 Å². The van der Waals surface area contributed by atoms with Crippen LogP contribution in [0.3, 0.4) is 0 Å². The molecule has 9 nitrogen and oxygen atoms in total. The molecular formula is C24H31N3O6S. The van der Waals surface area contributed by atoms with Crippen molar-refractivity contribution < 1.29 is 27.5 Å². The Hall–Kier alpha value is -3.24. The Morgan fingerprint density at radius 3 is 2.03 bits per heavy atom. The maximum Gasteiger partial charge on any atom is 0.338 e. The molecule has 0 atom stereocenters. The summed E-state index contributed by atoms with van der Waals surface area (Å²) in [5.41, 5.74) is 0.984. The number of benzene rings is 2. The standard InChI is InChI=1S/C24H31N3O6S/c1-5-26(6-2)23(29)18-12-14-20(15-13-18)25-22(28)17-33-24(30)19-10-9-11-21(16-19)34(31,32)27(7-3)8-4/h9-16H,5-8,17H2,1-4H3,(H,25,28). The van der Waals surface area contributed by atoms with Crippen molar-refractivity contribution in [1.29, 1.82) is 0 Å². The molecule has 1 N–H and O–H groups in total. The first-order valence-electron chi connectivity index (χ1n) is 11.1. The second kappa shape index (κ2) is 12.3. The van der Waals surface area contributed by atoms with Crippen molar-refractivity contribution in [2.75, 3.05) is 38.1 Å². The highest BCUT2D eigenvalue weighted by Crippen LogP contribution is 2.18. The van der Waals surface area contributed by atoms with E-state index in [9.17, 15) is 22.8 Å². The minimum absolute atomic E-state index is 0.0190. The third-order valence-electron chi connectivity index (χ3n) is 5.21. The number of nitrogens with zero attached hydrogens (tertiary/aromatic N) is 2. The number of esters is 1. The average molecular weight is 490 g/mol. The van der Waals surface area contributed by atoms with E-state index in [1.807, 2.05) is 13.8 Å². The molecule has 2 aromatic rings. The van der Waals surface area contributed by atoms with E-state index in [2.05, 4.69) is 5.32 Å². The maximum absolute atomic E-state index is 12.7. The summed E-state index contributed by atoms with van der Waals surface area (Å²) < 4.78 is 31.7. The Morgan fingerprint density at radius 2 is 1.47 bits per heavy atom.